The van der Waals surface area contributed by atoms with Crippen molar-refractivity contribution in [3.8, 4) is 0 Å². The van der Waals surface area contributed by atoms with E-state index >= 15 is 0 Å². The summed E-state index contributed by atoms with van der Waals surface area (Å²) in [5, 5.41) is 0. The summed E-state index contributed by atoms with van der Waals surface area (Å²) in [7, 11) is 2.13. The van der Waals surface area contributed by atoms with Gasteiger partial charge in [0.25, 0.3) is 5.56 Å². The zero-order valence-corrected chi connectivity index (χ0v) is 11.1. The normalized spacial score (nSPS) is 18.4. The number of hydrogen-bond donors (Lipinski definition) is 1. The molecular formula is C14H23N3O. The molecule has 1 aromatic rings. The monoisotopic (exact) mass is 249 g/mol. The van der Waals surface area contributed by atoms with Gasteiger partial charge in [0.05, 0.1) is 0 Å². The van der Waals surface area contributed by atoms with Crippen LogP contribution in [0.2, 0.25) is 0 Å². The van der Waals surface area contributed by atoms with Gasteiger partial charge in [-0.2, -0.15) is 0 Å². The van der Waals surface area contributed by atoms with E-state index in [1.165, 1.54) is 25.7 Å². The first kappa shape index (κ1) is 13.3. The predicted molar refractivity (Wildman–Crippen MR) is 73.6 cm³/mol. The van der Waals surface area contributed by atoms with E-state index in [9.17, 15) is 4.79 Å². The highest BCUT2D eigenvalue weighted by atomic mass is 16.1. The van der Waals surface area contributed by atoms with Gasteiger partial charge >= 0.3 is 0 Å². The molecule has 0 unspecified atom stereocenters. The Bertz CT molecular complexity index is 435. The first-order valence-corrected chi connectivity index (χ1v) is 6.75. The van der Waals surface area contributed by atoms with Crippen molar-refractivity contribution in [1.29, 1.82) is 0 Å². The molecule has 4 heteroatoms. The second-order valence-corrected chi connectivity index (χ2v) is 5.29. The van der Waals surface area contributed by atoms with Crippen molar-refractivity contribution < 1.29 is 0 Å². The molecule has 100 valence electrons. The summed E-state index contributed by atoms with van der Waals surface area (Å²) in [4.78, 5) is 14.0. The highest BCUT2D eigenvalue weighted by Crippen LogP contribution is 2.33. The molecule has 1 aromatic heterocycles. The Morgan fingerprint density at radius 3 is 2.72 bits per heavy atom. The lowest BCUT2D eigenvalue weighted by Crippen LogP contribution is -2.51. The standard InChI is InChI=1S/C14H23N3O/c1-16(14(12-15)7-3-4-8-14)10-11-17-9-5-2-6-13(17)18/h2,5-6,9H,3-4,7-8,10-12,15H2,1H3. The first-order valence-electron chi connectivity index (χ1n) is 6.75. The molecule has 1 aliphatic carbocycles. The fourth-order valence-corrected chi connectivity index (χ4v) is 2.92. The Balaban J connectivity index is 1.98. The van der Waals surface area contributed by atoms with Crippen LogP contribution < -0.4 is 11.3 Å². The average molecular weight is 249 g/mol. The van der Waals surface area contributed by atoms with Crippen molar-refractivity contribution in [3.63, 3.8) is 0 Å². The highest BCUT2D eigenvalue weighted by molar-refractivity contribution is 4.96. The maximum absolute atomic E-state index is 11.6. The van der Waals surface area contributed by atoms with Gasteiger partial charge in [0.2, 0.25) is 0 Å². The largest absolute Gasteiger partial charge is 0.329 e. The van der Waals surface area contributed by atoms with Gasteiger partial charge in [0.15, 0.2) is 0 Å². The van der Waals surface area contributed by atoms with E-state index in [0.717, 1.165) is 13.1 Å². The Morgan fingerprint density at radius 2 is 2.11 bits per heavy atom. The lowest BCUT2D eigenvalue weighted by molar-refractivity contribution is 0.126. The number of aromatic nitrogens is 1. The molecule has 0 aromatic carbocycles. The topological polar surface area (TPSA) is 51.3 Å². The van der Waals surface area contributed by atoms with Gasteiger partial charge < -0.3 is 10.3 Å². The molecule has 0 atom stereocenters. The number of nitrogens with two attached hydrogens (primary N) is 1. The van der Waals surface area contributed by atoms with Crippen molar-refractivity contribution >= 4 is 0 Å². The van der Waals surface area contributed by atoms with Crippen LogP contribution in [0, 0.1) is 0 Å². The van der Waals surface area contributed by atoms with Gasteiger partial charge in [0.1, 0.15) is 0 Å². The first-order chi connectivity index (χ1) is 8.68. The summed E-state index contributed by atoms with van der Waals surface area (Å²) in [6, 6.07) is 5.28. The zero-order chi connectivity index (χ0) is 13.0. The minimum absolute atomic E-state index is 0.0686. The molecule has 0 spiro atoms. The van der Waals surface area contributed by atoms with Crippen LogP contribution in [0.3, 0.4) is 0 Å². The second kappa shape index (κ2) is 5.67. The molecule has 2 rings (SSSR count). The van der Waals surface area contributed by atoms with Gasteiger partial charge in [0, 0.05) is 37.4 Å². The van der Waals surface area contributed by atoms with Crippen LogP contribution in [0.5, 0.6) is 0 Å². The van der Waals surface area contributed by atoms with E-state index in [2.05, 4.69) is 11.9 Å². The smallest absolute Gasteiger partial charge is 0.250 e. The Hall–Kier alpha value is -1.13. The van der Waals surface area contributed by atoms with E-state index in [0.29, 0.717) is 6.54 Å². The number of hydrogen-bond acceptors (Lipinski definition) is 3. The SMILES string of the molecule is CN(CCn1ccccc1=O)C1(CN)CCCC1. The fourth-order valence-electron chi connectivity index (χ4n) is 2.92. The predicted octanol–water partition coefficient (Wildman–Crippen LogP) is 1.05. The van der Waals surface area contributed by atoms with Gasteiger partial charge in [-0.1, -0.05) is 18.9 Å². The minimum atomic E-state index is 0.0686. The van der Waals surface area contributed by atoms with Crippen LogP contribution in [0.1, 0.15) is 25.7 Å². The molecule has 0 saturated heterocycles. The van der Waals surface area contributed by atoms with Crippen molar-refractivity contribution in [2.45, 2.75) is 37.8 Å². The van der Waals surface area contributed by atoms with Crippen molar-refractivity contribution in [2.75, 3.05) is 20.1 Å². The van der Waals surface area contributed by atoms with Crippen LogP contribution in [0.4, 0.5) is 0 Å². The lowest BCUT2D eigenvalue weighted by atomic mass is 9.96. The Kier molecular flexibility index (Phi) is 4.19. The maximum Gasteiger partial charge on any atom is 0.250 e. The number of rotatable bonds is 5. The Labute approximate surface area is 108 Å². The molecular weight excluding hydrogens is 226 g/mol. The minimum Gasteiger partial charge on any atom is -0.329 e. The van der Waals surface area contributed by atoms with Crippen LogP contribution >= 0.6 is 0 Å². The van der Waals surface area contributed by atoms with E-state index in [4.69, 9.17) is 5.73 Å². The van der Waals surface area contributed by atoms with Crippen LogP contribution in [0.25, 0.3) is 0 Å². The van der Waals surface area contributed by atoms with E-state index in [1.807, 2.05) is 12.3 Å². The average Bonchev–Trinajstić information content (AvgIpc) is 2.87. The molecule has 4 nitrogen and oxygen atoms in total. The lowest BCUT2D eigenvalue weighted by Gasteiger charge is -2.38. The third-order valence-corrected chi connectivity index (χ3v) is 4.30. The summed E-state index contributed by atoms with van der Waals surface area (Å²) in [6.45, 7) is 2.33. The molecule has 18 heavy (non-hydrogen) atoms. The highest BCUT2D eigenvalue weighted by Gasteiger charge is 2.35. The van der Waals surface area contributed by atoms with Gasteiger partial charge in [-0.15, -0.1) is 0 Å². The van der Waals surface area contributed by atoms with Crippen molar-refractivity contribution in [1.82, 2.24) is 9.47 Å². The van der Waals surface area contributed by atoms with E-state index in [1.54, 1.807) is 16.7 Å². The molecule has 1 aliphatic rings. The second-order valence-electron chi connectivity index (χ2n) is 5.29. The summed E-state index contributed by atoms with van der Waals surface area (Å²) in [6.07, 6.45) is 6.76. The van der Waals surface area contributed by atoms with Gasteiger partial charge in [-0.25, -0.2) is 0 Å². The summed E-state index contributed by atoms with van der Waals surface area (Å²) >= 11 is 0. The molecule has 1 saturated carbocycles. The molecule has 1 fully saturated rings. The fraction of sp³-hybridized carbons (Fsp3) is 0.643. The van der Waals surface area contributed by atoms with Crippen molar-refractivity contribution in [2.24, 2.45) is 5.73 Å². The summed E-state index contributed by atoms with van der Waals surface area (Å²) in [5.74, 6) is 0. The maximum atomic E-state index is 11.6. The number of likely N-dealkylation sites (N-methyl/N-ethyl adjacent to an activating group) is 1. The zero-order valence-electron chi connectivity index (χ0n) is 11.1. The van der Waals surface area contributed by atoms with Crippen LogP contribution in [-0.4, -0.2) is 35.1 Å². The van der Waals surface area contributed by atoms with E-state index in [-0.39, 0.29) is 11.1 Å². The van der Waals surface area contributed by atoms with Crippen molar-refractivity contribution in [3.05, 3.63) is 34.7 Å². The molecule has 2 N–H and O–H groups in total. The van der Waals surface area contributed by atoms with Crippen LogP contribution in [-0.2, 0) is 6.54 Å². The quantitative estimate of drug-likeness (QED) is 0.848. The third kappa shape index (κ3) is 2.65. The molecule has 0 amide bonds. The van der Waals surface area contributed by atoms with Gasteiger partial charge in [-0.3, -0.25) is 9.69 Å². The number of pyridine rings is 1. The molecule has 0 bridgehead atoms. The Morgan fingerprint density at radius 1 is 1.39 bits per heavy atom. The molecule has 0 aliphatic heterocycles. The third-order valence-electron chi connectivity index (χ3n) is 4.30. The van der Waals surface area contributed by atoms with E-state index < -0.39 is 0 Å². The summed E-state index contributed by atoms with van der Waals surface area (Å²) in [5.41, 5.74) is 6.19. The van der Waals surface area contributed by atoms with Gasteiger partial charge in [-0.05, 0) is 26.0 Å². The molecule has 1 heterocycles. The number of nitrogens with zero attached hydrogens (tertiary/aromatic N) is 2. The molecule has 0 radical (unpaired) electrons. The van der Waals surface area contributed by atoms with Crippen LogP contribution in [0.15, 0.2) is 29.2 Å². The summed E-state index contributed by atoms with van der Waals surface area (Å²) < 4.78 is 1.76.